The van der Waals surface area contributed by atoms with Crippen LogP contribution < -0.4 is 15.2 Å². The monoisotopic (exact) mass is 721 g/mol. The largest absolute Gasteiger partial charge is 0.573 e. The van der Waals surface area contributed by atoms with Gasteiger partial charge in [0, 0.05) is 30.4 Å². The van der Waals surface area contributed by atoms with Gasteiger partial charge in [-0.2, -0.15) is 18.2 Å². The van der Waals surface area contributed by atoms with Crippen molar-refractivity contribution in [3.63, 3.8) is 0 Å². The summed E-state index contributed by atoms with van der Waals surface area (Å²) < 4.78 is 86.1. The molecule has 0 atom stereocenters. The van der Waals surface area contributed by atoms with Gasteiger partial charge < -0.3 is 4.74 Å². The van der Waals surface area contributed by atoms with Gasteiger partial charge in [0.25, 0.3) is 0 Å². The molecule has 0 saturated carbocycles. The molecule has 0 radical (unpaired) electrons. The molecule has 258 valence electrons. The number of rotatable bonds is 9. The molecule has 2 aromatic heterocycles. The summed E-state index contributed by atoms with van der Waals surface area (Å²) in [7, 11) is 0. The van der Waals surface area contributed by atoms with Crippen molar-refractivity contribution in [3.05, 3.63) is 106 Å². The molecule has 0 unspecified atom stereocenters. The molecule has 0 bridgehead atoms. The fourth-order valence-electron chi connectivity index (χ4n) is 4.72. The van der Waals surface area contributed by atoms with Crippen LogP contribution in [0.5, 0.6) is 5.75 Å². The van der Waals surface area contributed by atoms with Gasteiger partial charge in [-0.1, -0.05) is 56.3 Å². The molecule has 0 amide bonds. The van der Waals surface area contributed by atoms with E-state index in [0.29, 0.717) is 35.7 Å². The van der Waals surface area contributed by atoms with Gasteiger partial charge >= 0.3 is 17.6 Å². The summed E-state index contributed by atoms with van der Waals surface area (Å²) in [6.07, 6.45) is -3.08. The van der Waals surface area contributed by atoms with Gasteiger partial charge in [-0.3, -0.25) is 4.99 Å². The molecule has 2 heterocycles. The number of ether oxygens (including phenoxy) is 1. The fraction of sp³-hybridized carbons (Fsp3) is 0.281. The van der Waals surface area contributed by atoms with E-state index in [2.05, 4.69) is 24.8 Å². The Kier molecular flexibility index (Phi) is 10.8. The zero-order valence-electron chi connectivity index (χ0n) is 26.2. The van der Waals surface area contributed by atoms with Crippen LogP contribution in [0.4, 0.5) is 26.3 Å². The summed E-state index contributed by atoms with van der Waals surface area (Å²) in [4.78, 5) is 26.1. The minimum atomic E-state index is -4.80. The molecule has 0 aliphatic heterocycles. The molecule has 0 N–H and O–H groups in total. The third-order valence-corrected chi connectivity index (χ3v) is 8.67. The lowest BCUT2D eigenvalue weighted by molar-refractivity contribution is -0.274. The summed E-state index contributed by atoms with van der Waals surface area (Å²) in [6.45, 7) is 6.01. The van der Waals surface area contributed by atoms with Crippen molar-refractivity contribution in [3.8, 4) is 28.5 Å². The molecule has 0 aliphatic carbocycles. The number of thioether (sulfide) groups is 1. The van der Waals surface area contributed by atoms with Crippen molar-refractivity contribution in [2.45, 2.75) is 51.5 Å². The van der Waals surface area contributed by atoms with Gasteiger partial charge in [-0.05, 0) is 72.3 Å². The maximum Gasteiger partial charge on any atom is 0.573 e. The van der Waals surface area contributed by atoms with E-state index in [-0.39, 0.29) is 23.0 Å². The number of alkyl halides is 6. The van der Waals surface area contributed by atoms with Gasteiger partial charge in [-0.25, -0.2) is 23.0 Å². The summed E-state index contributed by atoms with van der Waals surface area (Å²) in [5.74, 6) is 0.0373. The fourth-order valence-corrected chi connectivity index (χ4v) is 6.15. The number of para-hydroxylation sites is 1. The van der Waals surface area contributed by atoms with E-state index in [1.807, 2.05) is 26.0 Å². The van der Waals surface area contributed by atoms with Gasteiger partial charge in [-0.15, -0.1) is 18.3 Å². The Hall–Kier alpha value is -4.64. The highest BCUT2D eigenvalue weighted by molar-refractivity contribution is 8.14. The molecule has 0 spiro atoms. The van der Waals surface area contributed by atoms with Crippen LogP contribution >= 0.6 is 23.3 Å². The van der Waals surface area contributed by atoms with E-state index in [1.165, 1.54) is 43.8 Å². The highest BCUT2D eigenvalue weighted by Gasteiger charge is 2.32. The summed E-state index contributed by atoms with van der Waals surface area (Å²) in [5, 5.41) is 3.86. The van der Waals surface area contributed by atoms with Crippen molar-refractivity contribution in [1.82, 2.24) is 23.3 Å². The lowest BCUT2D eigenvalue weighted by Crippen LogP contribution is -2.29. The number of hydrogen-bond acceptors (Lipinski definition) is 7. The first-order chi connectivity index (χ1) is 23.2. The van der Waals surface area contributed by atoms with Crippen LogP contribution in [-0.2, 0) is 13.0 Å². The number of hydrogen-bond donors (Lipinski definition) is 0. The molecule has 5 aromatic rings. The van der Waals surface area contributed by atoms with Crippen LogP contribution in [0.25, 0.3) is 22.8 Å². The number of nitrogens with zero attached hydrogens (tertiary/aromatic N) is 7. The third-order valence-electron chi connectivity index (χ3n) is 6.96. The standard InChI is InChI=1S/C32H29F6N7O2S2/c1-4-44-30(46)45(26-8-6-5-7-25(26)20(2)3)29(49-44)41-28(48-32(36,37)38)39-18-17-21-9-11-22(12-10-21)27-40-19-43(42-27)23-13-15-24(16-14-23)47-31(33,34)35/h5-16,19-20H,4,17-18H2,1-3H3/b39-28-,41-29-. The van der Waals surface area contributed by atoms with Crippen LogP contribution in [0, 0.1) is 0 Å². The van der Waals surface area contributed by atoms with E-state index in [4.69, 9.17) is 0 Å². The SMILES string of the molecule is CCn1s/c(=N\C(=N\CCc2ccc(-c3ncn(-c4ccc(OC(F)(F)F)cc4)n3)cc2)SC(F)(F)F)n(-c2ccccc2C(C)C)c1=O. The minimum Gasteiger partial charge on any atom is -0.406 e. The number of amidine groups is 1. The molecule has 0 aliphatic rings. The Labute approximate surface area is 284 Å². The van der Waals surface area contributed by atoms with Crippen LogP contribution in [0.3, 0.4) is 0 Å². The zero-order chi connectivity index (χ0) is 35.3. The predicted octanol–water partition coefficient (Wildman–Crippen LogP) is 7.74. The normalized spacial score (nSPS) is 13.0. The lowest BCUT2D eigenvalue weighted by atomic mass is 10.0. The Morgan fingerprint density at radius 1 is 0.980 bits per heavy atom. The second kappa shape index (κ2) is 14.9. The minimum absolute atomic E-state index is 0.00580. The predicted molar refractivity (Wildman–Crippen MR) is 176 cm³/mol. The summed E-state index contributed by atoms with van der Waals surface area (Å²) in [5.41, 5.74) is -1.76. The van der Waals surface area contributed by atoms with Gasteiger partial charge in [0.2, 0.25) is 4.80 Å². The Morgan fingerprint density at radius 2 is 1.67 bits per heavy atom. The lowest BCUT2D eigenvalue weighted by Gasteiger charge is -2.12. The highest BCUT2D eigenvalue weighted by Crippen LogP contribution is 2.32. The van der Waals surface area contributed by atoms with Crippen molar-refractivity contribution in [2.75, 3.05) is 6.54 Å². The molecule has 0 saturated heterocycles. The van der Waals surface area contributed by atoms with E-state index in [1.54, 1.807) is 43.3 Å². The first-order valence-electron chi connectivity index (χ1n) is 14.9. The number of aromatic nitrogens is 5. The first kappa shape index (κ1) is 35.7. The topological polar surface area (TPSA) is 91.6 Å². The molecule has 5 rings (SSSR count). The molecule has 9 nitrogen and oxygen atoms in total. The van der Waals surface area contributed by atoms with Crippen LogP contribution in [0.15, 0.2) is 93.9 Å². The second-order valence-electron chi connectivity index (χ2n) is 10.7. The van der Waals surface area contributed by atoms with E-state index in [9.17, 15) is 31.1 Å². The van der Waals surface area contributed by atoms with E-state index >= 15 is 0 Å². The third kappa shape index (κ3) is 9.29. The molecule has 3 aromatic carbocycles. The number of aryl methyl sites for hydroxylation is 1. The molecule has 49 heavy (non-hydrogen) atoms. The maximum absolute atomic E-state index is 13.6. The summed E-state index contributed by atoms with van der Waals surface area (Å²) >= 11 is 0.528. The molecular weight excluding hydrogens is 693 g/mol. The van der Waals surface area contributed by atoms with Crippen molar-refractivity contribution >= 4 is 28.5 Å². The van der Waals surface area contributed by atoms with E-state index < -0.39 is 34.5 Å². The average Bonchev–Trinajstić information content (AvgIpc) is 3.65. The molecular formula is C32H29F6N7O2S2. The number of halogens is 6. The van der Waals surface area contributed by atoms with Gasteiger partial charge in [0.15, 0.2) is 11.0 Å². The Morgan fingerprint density at radius 3 is 2.31 bits per heavy atom. The number of benzene rings is 3. The van der Waals surface area contributed by atoms with Crippen LogP contribution in [0.1, 0.15) is 37.8 Å². The molecule has 0 fully saturated rings. The van der Waals surface area contributed by atoms with Crippen LogP contribution in [0.2, 0.25) is 0 Å². The summed E-state index contributed by atoms with van der Waals surface area (Å²) in [6, 6.07) is 19.4. The van der Waals surface area contributed by atoms with Gasteiger partial charge in [0.05, 0.1) is 11.4 Å². The Balaban J connectivity index is 1.35. The first-order valence-corrected chi connectivity index (χ1v) is 16.4. The highest BCUT2D eigenvalue weighted by atomic mass is 32.2. The smallest absolute Gasteiger partial charge is 0.406 e. The quantitative estimate of drug-likeness (QED) is 0.0883. The van der Waals surface area contributed by atoms with Crippen LogP contribution in [-0.4, -0.2) is 46.9 Å². The molecule has 17 heteroatoms. The average molecular weight is 722 g/mol. The maximum atomic E-state index is 13.6. The van der Waals surface area contributed by atoms with Crippen molar-refractivity contribution in [2.24, 2.45) is 9.98 Å². The van der Waals surface area contributed by atoms with Crippen molar-refractivity contribution < 1.29 is 31.1 Å². The second-order valence-corrected chi connectivity index (χ2v) is 12.7. The van der Waals surface area contributed by atoms with E-state index in [0.717, 1.165) is 22.7 Å². The van der Waals surface area contributed by atoms with Gasteiger partial charge in [0.1, 0.15) is 12.1 Å². The zero-order valence-corrected chi connectivity index (χ0v) is 27.9. The number of aliphatic imine (C=N–C) groups is 1. The Bertz CT molecular complexity index is 2040. The van der Waals surface area contributed by atoms with Crippen molar-refractivity contribution in [1.29, 1.82) is 0 Å².